The minimum atomic E-state index is -0.459. The number of piperidine rings is 1. The molecule has 3 amide bonds. The maximum absolute atomic E-state index is 12.5. The van der Waals surface area contributed by atoms with Gasteiger partial charge < -0.3 is 5.32 Å². The van der Waals surface area contributed by atoms with E-state index < -0.39 is 6.04 Å². The van der Waals surface area contributed by atoms with E-state index in [0.29, 0.717) is 23.2 Å². The molecule has 5 nitrogen and oxygen atoms in total. The molecule has 3 rings (SSSR count). The van der Waals surface area contributed by atoms with Crippen molar-refractivity contribution in [1.29, 1.82) is 0 Å². The first kappa shape index (κ1) is 12.6. The summed E-state index contributed by atoms with van der Waals surface area (Å²) in [5.74, 6) is -0.736. The normalized spacial score (nSPS) is 22.1. The molecule has 0 saturated carbocycles. The number of nitrogens with zero attached hydrogens (tertiary/aromatic N) is 1. The number of nitrogens with one attached hydrogen (secondary N) is 1. The number of hydrogen-bond acceptors (Lipinski definition) is 3. The molecular weight excluding hydrogens is 256 g/mol. The molecule has 1 aromatic carbocycles. The predicted octanol–water partition coefficient (Wildman–Crippen LogP) is 1.38. The van der Waals surface area contributed by atoms with E-state index >= 15 is 0 Å². The molecule has 2 aliphatic rings. The second-order valence-electron chi connectivity index (χ2n) is 5.11. The standard InChI is InChI=1S/C15H14N2O3/c1-8-4-3-5-10-13(8)15(20)17(14(10)19)11-6-7-12(18)16-9(11)2/h3-5,11H,2,6-7H2,1H3,(H,16,18). The van der Waals surface area contributed by atoms with Crippen molar-refractivity contribution in [2.24, 2.45) is 0 Å². The SMILES string of the molecule is C=C1NC(=O)CCC1N1C(=O)c2cccc(C)c2C1=O. The number of fused-ring (bicyclic) bond motifs is 1. The molecule has 1 saturated heterocycles. The van der Waals surface area contributed by atoms with Crippen LogP contribution in [0, 0.1) is 6.92 Å². The highest BCUT2D eigenvalue weighted by Gasteiger charge is 2.42. The number of benzene rings is 1. The Morgan fingerprint density at radius 1 is 1.25 bits per heavy atom. The van der Waals surface area contributed by atoms with E-state index in [2.05, 4.69) is 11.9 Å². The molecule has 1 aromatic rings. The Balaban J connectivity index is 2.00. The second-order valence-corrected chi connectivity index (χ2v) is 5.11. The van der Waals surface area contributed by atoms with Crippen molar-refractivity contribution >= 4 is 17.7 Å². The number of hydrogen-bond donors (Lipinski definition) is 1. The fourth-order valence-electron chi connectivity index (χ4n) is 2.81. The van der Waals surface area contributed by atoms with Crippen LogP contribution in [0.2, 0.25) is 0 Å². The van der Waals surface area contributed by atoms with Gasteiger partial charge in [0.05, 0.1) is 17.2 Å². The molecule has 0 aliphatic carbocycles. The third-order valence-electron chi connectivity index (χ3n) is 3.81. The summed E-state index contributed by atoms with van der Waals surface area (Å²) in [6.45, 7) is 5.58. The van der Waals surface area contributed by atoms with Crippen LogP contribution >= 0.6 is 0 Å². The zero-order chi connectivity index (χ0) is 14.4. The van der Waals surface area contributed by atoms with Crippen LogP contribution in [0.3, 0.4) is 0 Å². The summed E-state index contributed by atoms with van der Waals surface area (Å²) >= 11 is 0. The van der Waals surface area contributed by atoms with E-state index in [1.807, 2.05) is 13.0 Å². The smallest absolute Gasteiger partial charge is 0.262 e. The van der Waals surface area contributed by atoms with Crippen LogP contribution < -0.4 is 5.32 Å². The summed E-state index contributed by atoms with van der Waals surface area (Å²) in [7, 11) is 0. The van der Waals surface area contributed by atoms with Crippen LogP contribution in [0.5, 0.6) is 0 Å². The summed E-state index contributed by atoms with van der Waals surface area (Å²) in [5, 5.41) is 2.61. The fraction of sp³-hybridized carbons (Fsp3) is 0.267. The molecule has 0 aromatic heterocycles. The number of aryl methyl sites for hydroxylation is 1. The van der Waals surface area contributed by atoms with Gasteiger partial charge in [0, 0.05) is 12.1 Å². The Morgan fingerprint density at radius 2 is 2.00 bits per heavy atom. The van der Waals surface area contributed by atoms with Crippen LogP contribution in [0.15, 0.2) is 30.5 Å². The van der Waals surface area contributed by atoms with Gasteiger partial charge in [-0.2, -0.15) is 0 Å². The molecule has 2 heterocycles. The van der Waals surface area contributed by atoms with Crippen molar-refractivity contribution in [2.75, 3.05) is 0 Å². The molecule has 0 spiro atoms. The van der Waals surface area contributed by atoms with Crippen molar-refractivity contribution in [3.63, 3.8) is 0 Å². The van der Waals surface area contributed by atoms with Gasteiger partial charge in [-0.05, 0) is 25.0 Å². The van der Waals surface area contributed by atoms with Gasteiger partial charge in [-0.3, -0.25) is 19.3 Å². The van der Waals surface area contributed by atoms with Crippen molar-refractivity contribution in [3.8, 4) is 0 Å². The maximum atomic E-state index is 12.5. The average molecular weight is 270 g/mol. The third kappa shape index (κ3) is 1.66. The topological polar surface area (TPSA) is 66.5 Å². The lowest BCUT2D eigenvalue weighted by Gasteiger charge is -2.31. The van der Waals surface area contributed by atoms with Gasteiger partial charge in [0.15, 0.2) is 0 Å². The second kappa shape index (κ2) is 4.30. The summed E-state index contributed by atoms with van der Waals surface area (Å²) < 4.78 is 0. The van der Waals surface area contributed by atoms with E-state index in [9.17, 15) is 14.4 Å². The molecule has 20 heavy (non-hydrogen) atoms. The van der Waals surface area contributed by atoms with Crippen LogP contribution in [0.1, 0.15) is 39.1 Å². The summed E-state index contributed by atoms with van der Waals surface area (Å²) in [6.07, 6.45) is 0.714. The number of carbonyl (C=O) groups is 3. The summed E-state index contributed by atoms with van der Waals surface area (Å²) in [4.78, 5) is 37.5. The predicted molar refractivity (Wildman–Crippen MR) is 72.0 cm³/mol. The summed E-state index contributed by atoms with van der Waals surface area (Å²) in [5.41, 5.74) is 2.09. The van der Waals surface area contributed by atoms with Gasteiger partial charge in [0.25, 0.3) is 11.8 Å². The number of imide groups is 1. The highest BCUT2D eigenvalue weighted by atomic mass is 16.2. The minimum absolute atomic E-state index is 0.126. The van der Waals surface area contributed by atoms with Gasteiger partial charge in [0.2, 0.25) is 5.91 Å². The Morgan fingerprint density at radius 3 is 2.65 bits per heavy atom. The van der Waals surface area contributed by atoms with Crippen molar-refractivity contribution < 1.29 is 14.4 Å². The van der Waals surface area contributed by atoms with Crippen LogP contribution in [-0.2, 0) is 4.79 Å². The molecule has 1 N–H and O–H groups in total. The first-order valence-corrected chi connectivity index (χ1v) is 6.47. The zero-order valence-electron chi connectivity index (χ0n) is 11.1. The van der Waals surface area contributed by atoms with Crippen LogP contribution in [0.25, 0.3) is 0 Å². The molecule has 1 fully saturated rings. The van der Waals surface area contributed by atoms with Crippen molar-refractivity contribution in [2.45, 2.75) is 25.8 Å². The fourth-order valence-corrected chi connectivity index (χ4v) is 2.81. The molecule has 2 aliphatic heterocycles. The first-order valence-electron chi connectivity index (χ1n) is 6.47. The lowest BCUT2D eigenvalue weighted by Crippen LogP contribution is -2.48. The number of rotatable bonds is 1. The van der Waals surface area contributed by atoms with Crippen molar-refractivity contribution in [1.82, 2.24) is 10.2 Å². The highest BCUT2D eigenvalue weighted by Crippen LogP contribution is 2.31. The zero-order valence-corrected chi connectivity index (χ0v) is 11.1. The lowest BCUT2D eigenvalue weighted by atomic mass is 10.0. The summed E-state index contributed by atoms with van der Waals surface area (Å²) in [6, 6.07) is 4.78. The quantitative estimate of drug-likeness (QED) is 0.784. The van der Waals surface area contributed by atoms with E-state index in [1.54, 1.807) is 12.1 Å². The van der Waals surface area contributed by atoms with Gasteiger partial charge in [-0.15, -0.1) is 0 Å². The monoisotopic (exact) mass is 270 g/mol. The van der Waals surface area contributed by atoms with Crippen LogP contribution in [-0.4, -0.2) is 28.7 Å². The Labute approximate surface area is 116 Å². The van der Waals surface area contributed by atoms with Gasteiger partial charge in [0.1, 0.15) is 0 Å². The lowest BCUT2D eigenvalue weighted by molar-refractivity contribution is -0.121. The van der Waals surface area contributed by atoms with Crippen LogP contribution in [0.4, 0.5) is 0 Å². The Bertz CT molecular complexity index is 663. The van der Waals surface area contributed by atoms with Gasteiger partial charge in [-0.1, -0.05) is 18.7 Å². The molecule has 5 heteroatoms. The van der Waals surface area contributed by atoms with Gasteiger partial charge in [-0.25, -0.2) is 0 Å². The Hall–Kier alpha value is -2.43. The highest BCUT2D eigenvalue weighted by molar-refractivity contribution is 6.22. The number of carbonyl (C=O) groups excluding carboxylic acids is 3. The van der Waals surface area contributed by atoms with Gasteiger partial charge >= 0.3 is 0 Å². The van der Waals surface area contributed by atoms with Crippen molar-refractivity contribution in [3.05, 3.63) is 47.2 Å². The molecule has 1 unspecified atom stereocenters. The molecular formula is C15H14N2O3. The Kier molecular flexibility index (Phi) is 2.71. The first-order chi connectivity index (χ1) is 9.50. The minimum Gasteiger partial charge on any atom is -0.328 e. The van der Waals surface area contributed by atoms with E-state index in [-0.39, 0.29) is 24.1 Å². The number of amides is 3. The molecule has 1 atom stereocenters. The van der Waals surface area contributed by atoms with E-state index in [0.717, 1.165) is 5.56 Å². The third-order valence-corrected chi connectivity index (χ3v) is 3.81. The molecule has 0 radical (unpaired) electrons. The van der Waals surface area contributed by atoms with E-state index in [1.165, 1.54) is 4.90 Å². The maximum Gasteiger partial charge on any atom is 0.262 e. The largest absolute Gasteiger partial charge is 0.328 e. The molecule has 0 bridgehead atoms. The molecule has 102 valence electrons. The van der Waals surface area contributed by atoms with E-state index in [4.69, 9.17) is 0 Å². The average Bonchev–Trinajstić information content (AvgIpc) is 2.64.